The van der Waals surface area contributed by atoms with E-state index in [9.17, 15) is 0 Å². The van der Waals surface area contributed by atoms with Gasteiger partial charge in [-0.05, 0) is 12.5 Å². The summed E-state index contributed by atoms with van der Waals surface area (Å²) in [6.45, 7) is 5.88. The van der Waals surface area contributed by atoms with Gasteiger partial charge in [-0.25, -0.2) is 0 Å². The van der Waals surface area contributed by atoms with Crippen LogP contribution >= 0.6 is 11.6 Å². The summed E-state index contributed by atoms with van der Waals surface area (Å²) in [4.78, 5) is 0. The van der Waals surface area contributed by atoms with E-state index in [-0.39, 0.29) is 0 Å². The Morgan fingerprint density at radius 2 is 2.00 bits per heavy atom. The van der Waals surface area contributed by atoms with E-state index in [1.54, 1.807) is 5.01 Å². The molecule has 0 spiro atoms. The van der Waals surface area contributed by atoms with Gasteiger partial charge < -0.3 is 0 Å². The molecular weight excluding hydrogens is 208 g/mol. The quantitative estimate of drug-likeness (QED) is 0.434. The Morgan fingerprint density at radius 3 is 2.53 bits per heavy atom. The molecule has 0 aliphatic heterocycles. The molecule has 0 heterocycles. The first-order valence-electron chi connectivity index (χ1n) is 4.73. The van der Waals surface area contributed by atoms with Gasteiger partial charge in [0.1, 0.15) is 0 Å². The molecule has 0 atom stereocenters. The molecule has 80 valence electrons. The Balaban J connectivity index is 2.78. The SMILES string of the molecule is C=C(c1ccccc1)N(C)/N=C(\C)CCl. The molecule has 3 heteroatoms. The van der Waals surface area contributed by atoms with Crippen LogP contribution in [0.3, 0.4) is 0 Å². The monoisotopic (exact) mass is 222 g/mol. The highest BCUT2D eigenvalue weighted by atomic mass is 35.5. The molecule has 15 heavy (non-hydrogen) atoms. The van der Waals surface area contributed by atoms with Crippen LogP contribution in [0.1, 0.15) is 12.5 Å². The highest BCUT2D eigenvalue weighted by Gasteiger charge is 2.02. The fourth-order valence-corrected chi connectivity index (χ4v) is 1.21. The van der Waals surface area contributed by atoms with Crippen molar-refractivity contribution < 1.29 is 0 Å². The van der Waals surface area contributed by atoms with Gasteiger partial charge in [0.15, 0.2) is 0 Å². The molecule has 2 nitrogen and oxygen atoms in total. The van der Waals surface area contributed by atoms with Crippen molar-refractivity contribution >= 4 is 23.0 Å². The van der Waals surface area contributed by atoms with E-state index in [0.29, 0.717) is 5.88 Å². The number of alkyl halides is 1. The lowest BCUT2D eigenvalue weighted by Gasteiger charge is -2.16. The van der Waals surface area contributed by atoms with Crippen molar-refractivity contribution in [2.45, 2.75) is 6.92 Å². The summed E-state index contributed by atoms with van der Waals surface area (Å²) in [7, 11) is 1.87. The fraction of sp³-hybridized carbons (Fsp3) is 0.250. The maximum atomic E-state index is 5.66. The standard InChI is InChI=1S/C12H15ClN2/c1-10(9-13)14-15(3)11(2)12-7-5-4-6-8-12/h4-8H,2,9H2,1,3H3/b14-10+. The summed E-state index contributed by atoms with van der Waals surface area (Å²) in [6.07, 6.45) is 0. The van der Waals surface area contributed by atoms with E-state index in [1.165, 1.54) is 0 Å². The number of hydrazone groups is 1. The highest BCUT2D eigenvalue weighted by molar-refractivity contribution is 6.28. The predicted octanol–water partition coefficient (Wildman–Crippen LogP) is 3.20. The molecule has 0 saturated heterocycles. The first-order valence-corrected chi connectivity index (χ1v) is 5.26. The van der Waals surface area contributed by atoms with Crippen LogP contribution in [0.2, 0.25) is 0 Å². The van der Waals surface area contributed by atoms with Crippen LogP contribution in [0.15, 0.2) is 42.0 Å². The Morgan fingerprint density at radius 1 is 1.40 bits per heavy atom. The smallest absolute Gasteiger partial charge is 0.0622 e. The van der Waals surface area contributed by atoms with Crippen molar-refractivity contribution in [2.75, 3.05) is 12.9 Å². The predicted molar refractivity (Wildman–Crippen MR) is 67.1 cm³/mol. The number of benzene rings is 1. The van der Waals surface area contributed by atoms with Crippen LogP contribution in [0.25, 0.3) is 5.70 Å². The number of hydrogen-bond acceptors (Lipinski definition) is 2. The van der Waals surface area contributed by atoms with Crippen molar-refractivity contribution in [1.82, 2.24) is 5.01 Å². The molecule has 0 unspecified atom stereocenters. The van der Waals surface area contributed by atoms with Crippen LogP contribution in [-0.2, 0) is 0 Å². The molecule has 0 N–H and O–H groups in total. The molecule has 0 amide bonds. The number of halogens is 1. The summed E-state index contributed by atoms with van der Waals surface area (Å²) < 4.78 is 0. The molecule has 1 aromatic carbocycles. The van der Waals surface area contributed by atoms with Gasteiger partial charge in [-0.3, -0.25) is 5.01 Å². The van der Waals surface area contributed by atoms with Gasteiger partial charge in [0.05, 0.1) is 17.3 Å². The molecule has 0 aliphatic rings. The summed E-state index contributed by atoms with van der Waals surface area (Å²) in [5, 5.41) is 6.03. The lowest BCUT2D eigenvalue weighted by atomic mass is 10.2. The van der Waals surface area contributed by atoms with E-state index in [4.69, 9.17) is 11.6 Å². The number of hydrogen-bond donors (Lipinski definition) is 0. The van der Waals surface area contributed by atoms with Gasteiger partial charge in [0.2, 0.25) is 0 Å². The Labute approximate surface area is 95.9 Å². The molecule has 0 saturated carbocycles. The van der Waals surface area contributed by atoms with Crippen molar-refractivity contribution in [2.24, 2.45) is 5.10 Å². The van der Waals surface area contributed by atoms with E-state index in [2.05, 4.69) is 11.7 Å². The van der Waals surface area contributed by atoms with E-state index >= 15 is 0 Å². The molecule has 1 rings (SSSR count). The van der Waals surface area contributed by atoms with Gasteiger partial charge >= 0.3 is 0 Å². The van der Waals surface area contributed by atoms with Gasteiger partial charge in [0.25, 0.3) is 0 Å². The van der Waals surface area contributed by atoms with E-state index < -0.39 is 0 Å². The van der Waals surface area contributed by atoms with Crippen LogP contribution in [-0.4, -0.2) is 23.6 Å². The van der Waals surface area contributed by atoms with Crippen molar-refractivity contribution in [1.29, 1.82) is 0 Å². The second-order valence-corrected chi connectivity index (χ2v) is 3.57. The third-order valence-electron chi connectivity index (χ3n) is 2.01. The third kappa shape index (κ3) is 3.40. The molecule has 0 fully saturated rings. The van der Waals surface area contributed by atoms with Gasteiger partial charge in [-0.2, -0.15) is 5.10 Å². The first kappa shape index (κ1) is 11.8. The molecule has 0 bridgehead atoms. The van der Waals surface area contributed by atoms with Gasteiger partial charge in [0, 0.05) is 7.05 Å². The Kier molecular flexibility index (Phi) is 4.37. The molecule has 0 aliphatic carbocycles. The average molecular weight is 223 g/mol. The molecule has 1 aromatic rings. The molecule has 0 radical (unpaired) electrons. The average Bonchev–Trinajstić information content (AvgIpc) is 2.29. The number of rotatable bonds is 4. The molecule has 0 aromatic heterocycles. The lowest BCUT2D eigenvalue weighted by Crippen LogP contribution is -2.11. The fourth-order valence-electron chi connectivity index (χ4n) is 1.16. The zero-order valence-electron chi connectivity index (χ0n) is 9.07. The van der Waals surface area contributed by atoms with Crippen LogP contribution in [0, 0.1) is 0 Å². The summed E-state index contributed by atoms with van der Waals surface area (Å²) >= 11 is 5.66. The van der Waals surface area contributed by atoms with Crippen LogP contribution in [0.4, 0.5) is 0 Å². The minimum absolute atomic E-state index is 0.437. The lowest BCUT2D eigenvalue weighted by molar-refractivity contribution is 0.517. The zero-order valence-corrected chi connectivity index (χ0v) is 9.83. The summed E-state index contributed by atoms with van der Waals surface area (Å²) in [6, 6.07) is 9.94. The zero-order chi connectivity index (χ0) is 11.3. The second kappa shape index (κ2) is 5.56. The third-order valence-corrected chi connectivity index (χ3v) is 2.40. The van der Waals surface area contributed by atoms with Crippen LogP contribution in [0.5, 0.6) is 0 Å². The van der Waals surface area contributed by atoms with E-state index in [0.717, 1.165) is 17.0 Å². The maximum absolute atomic E-state index is 5.66. The summed E-state index contributed by atoms with van der Waals surface area (Å²) in [5.74, 6) is 0.437. The topological polar surface area (TPSA) is 15.6 Å². The van der Waals surface area contributed by atoms with Crippen molar-refractivity contribution in [3.05, 3.63) is 42.5 Å². The van der Waals surface area contributed by atoms with Gasteiger partial charge in [-0.15, -0.1) is 11.6 Å². The normalized spacial score (nSPS) is 11.3. The number of nitrogens with zero attached hydrogens (tertiary/aromatic N) is 2. The maximum Gasteiger partial charge on any atom is 0.0622 e. The van der Waals surface area contributed by atoms with Crippen LogP contribution < -0.4 is 0 Å². The van der Waals surface area contributed by atoms with Crippen molar-refractivity contribution in [3.63, 3.8) is 0 Å². The summed E-state index contributed by atoms with van der Waals surface area (Å²) in [5.41, 5.74) is 2.79. The Hall–Kier alpha value is -1.28. The van der Waals surface area contributed by atoms with Gasteiger partial charge in [-0.1, -0.05) is 36.9 Å². The van der Waals surface area contributed by atoms with Crippen molar-refractivity contribution in [3.8, 4) is 0 Å². The van der Waals surface area contributed by atoms with E-state index in [1.807, 2.05) is 44.3 Å². The second-order valence-electron chi connectivity index (χ2n) is 3.31. The largest absolute Gasteiger partial charge is 0.269 e. The highest BCUT2D eigenvalue weighted by Crippen LogP contribution is 2.15. The Bertz CT molecular complexity index is 357. The molecular formula is C12H15ClN2. The minimum Gasteiger partial charge on any atom is -0.269 e. The first-order chi connectivity index (χ1) is 7.15. The minimum atomic E-state index is 0.437.